The number of ether oxygens (including phenoxy) is 1. The number of aromatic amines is 1. The van der Waals surface area contributed by atoms with E-state index >= 15 is 0 Å². The minimum absolute atomic E-state index is 0.0748. The van der Waals surface area contributed by atoms with Gasteiger partial charge in [-0.2, -0.15) is 18.2 Å². The van der Waals surface area contributed by atoms with E-state index in [4.69, 9.17) is 16.3 Å². The standard InChI is InChI=1S/C27H27ClF3N3O3/c1-15(17-6-7-17)37-19-10-8-18(9-11-19)23-32-24(34-25(36)33-23)20-14-16(4-12-21(20)28)5-13-22(35)26(2,3)27(29,30)31/h4,8-12,14-15,17H,5-7,13H2,1-3H3,(H,32,33,34,36)/t15-/m1/s1. The molecule has 1 fully saturated rings. The third kappa shape index (κ3) is 6.21. The zero-order valence-corrected chi connectivity index (χ0v) is 21.4. The van der Waals surface area contributed by atoms with Crippen molar-refractivity contribution in [3.63, 3.8) is 0 Å². The van der Waals surface area contributed by atoms with Gasteiger partial charge >= 0.3 is 11.9 Å². The predicted molar refractivity (Wildman–Crippen MR) is 135 cm³/mol. The summed E-state index contributed by atoms with van der Waals surface area (Å²) in [7, 11) is 0. The van der Waals surface area contributed by atoms with Crippen LogP contribution in [-0.2, 0) is 11.2 Å². The minimum atomic E-state index is -4.63. The smallest absolute Gasteiger partial charge is 0.400 e. The van der Waals surface area contributed by atoms with Crippen LogP contribution < -0.4 is 10.4 Å². The molecule has 10 heteroatoms. The molecule has 1 saturated carbocycles. The van der Waals surface area contributed by atoms with Gasteiger partial charge in [0.15, 0.2) is 5.82 Å². The van der Waals surface area contributed by atoms with E-state index in [1.54, 1.807) is 42.5 Å². The topological polar surface area (TPSA) is 84.9 Å². The summed E-state index contributed by atoms with van der Waals surface area (Å²) in [6.45, 7) is 3.80. The number of H-pyrrole nitrogens is 1. The Kier molecular flexibility index (Phi) is 7.46. The number of halogens is 4. The molecule has 0 radical (unpaired) electrons. The number of nitrogens with zero attached hydrogens (tertiary/aromatic N) is 2. The van der Waals surface area contributed by atoms with Gasteiger partial charge in [0.2, 0.25) is 0 Å². The highest BCUT2D eigenvalue weighted by Crippen LogP contribution is 2.39. The second-order valence-electron chi connectivity index (χ2n) is 9.87. The van der Waals surface area contributed by atoms with E-state index in [0.29, 0.717) is 28.4 Å². The number of aromatic nitrogens is 3. The van der Waals surface area contributed by atoms with E-state index in [0.717, 1.165) is 13.8 Å². The summed E-state index contributed by atoms with van der Waals surface area (Å²) in [5.74, 6) is 0.740. The maximum atomic E-state index is 13.2. The van der Waals surface area contributed by atoms with E-state index in [-0.39, 0.29) is 35.6 Å². The highest BCUT2D eigenvalue weighted by Gasteiger charge is 2.51. The fourth-order valence-corrected chi connectivity index (χ4v) is 4.04. The van der Waals surface area contributed by atoms with Gasteiger partial charge in [0.05, 0.1) is 11.1 Å². The van der Waals surface area contributed by atoms with E-state index < -0.39 is 23.1 Å². The summed E-state index contributed by atoms with van der Waals surface area (Å²) in [5.41, 5.74) is -1.51. The summed E-state index contributed by atoms with van der Waals surface area (Å²) < 4.78 is 45.5. The number of rotatable bonds is 9. The Morgan fingerprint density at radius 2 is 1.81 bits per heavy atom. The van der Waals surface area contributed by atoms with Crippen LogP contribution in [0.5, 0.6) is 5.75 Å². The van der Waals surface area contributed by atoms with Crippen molar-refractivity contribution in [3.8, 4) is 28.5 Å². The minimum Gasteiger partial charge on any atom is -0.490 e. The molecule has 2 aromatic carbocycles. The van der Waals surface area contributed by atoms with Crippen LogP contribution in [0.25, 0.3) is 22.8 Å². The highest BCUT2D eigenvalue weighted by atomic mass is 35.5. The average Bonchev–Trinajstić information content (AvgIpc) is 3.68. The van der Waals surface area contributed by atoms with Crippen molar-refractivity contribution in [3.05, 3.63) is 63.5 Å². The Balaban J connectivity index is 1.55. The van der Waals surface area contributed by atoms with Gasteiger partial charge in [0.1, 0.15) is 22.8 Å². The van der Waals surface area contributed by atoms with Gasteiger partial charge in [-0.3, -0.25) is 9.78 Å². The van der Waals surface area contributed by atoms with Crippen LogP contribution in [0.15, 0.2) is 47.3 Å². The first-order valence-electron chi connectivity index (χ1n) is 12.0. The van der Waals surface area contributed by atoms with Crippen LogP contribution in [0.2, 0.25) is 5.02 Å². The van der Waals surface area contributed by atoms with Crippen molar-refractivity contribution < 1.29 is 22.7 Å². The quantitative estimate of drug-likeness (QED) is 0.343. The molecule has 1 aliphatic carbocycles. The fourth-order valence-electron chi connectivity index (χ4n) is 3.84. The third-order valence-electron chi connectivity index (χ3n) is 6.70. The largest absolute Gasteiger partial charge is 0.490 e. The van der Waals surface area contributed by atoms with E-state index in [1.165, 1.54) is 12.8 Å². The van der Waals surface area contributed by atoms with Crippen molar-refractivity contribution in [2.75, 3.05) is 0 Å². The van der Waals surface area contributed by atoms with Gasteiger partial charge in [-0.25, -0.2) is 9.78 Å². The number of Topliss-reactive ketones (excluding diaryl/α,β-unsaturated/α-hetero) is 1. The van der Waals surface area contributed by atoms with Crippen LogP contribution in [0.1, 0.15) is 45.6 Å². The Bertz CT molecular complexity index is 1350. The number of nitrogens with one attached hydrogen (secondary N) is 1. The van der Waals surface area contributed by atoms with Crippen LogP contribution in [-0.4, -0.2) is 33.0 Å². The van der Waals surface area contributed by atoms with Crippen molar-refractivity contribution in [1.82, 2.24) is 15.0 Å². The molecular weight excluding hydrogens is 507 g/mol. The zero-order chi connectivity index (χ0) is 27.0. The number of aryl methyl sites for hydroxylation is 1. The number of benzene rings is 2. The number of ketones is 1. The van der Waals surface area contributed by atoms with Gasteiger partial charge in [-0.1, -0.05) is 17.7 Å². The Labute approximate surface area is 217 Å². The molecule has 1 aliphatic rings. The first-order chi connectivity index (χ1) is 17.3. The summed E-state index contributed by atoms with van der Waals surface area (Å²) in [6, 6.07) is 11.9. The van der Waals surface area contributed by atoms with Crippen molar-refractivity contribution in [1.29, 1.82) is 0 Å². The molecule has 0 amide bonds. The molecule has 1 N–H and O–H groups in total. The molecule has 0 spiro atoms. The van der Waals surface area contributed by atoms with Gasteiger partial charge in [-0.05, 0) is 87.9 Å². The van der Waals surface area contributed by atoms with Gasteiger partial charge in [0.25, 0.3) is 0 Å². The van der Waals surface area contributed by atoms with Gasteiger partial charge in [0, 0.05) is 17.5 Å². The lowest BCUT2D eigenvalue weighted by molar-refractivity contribution is -0.210. The highest BCUT2D eigenvalue weighted by molar-refractivity contribution is 6.33. The SMILES string of the molecule is C[C@@H](Oc1ccc(-c2nc(-c3cc(CCC(=O)C(C)(C)C(F)(F)F)ccc3Cl)[nH]c(=O)n2)cc1)C1CC1. The van der Waals surface area contributed by atoms with Gasteiger partial charge < -0.3 is 4.74 Å². The molecule has 6 nitrogen and oxygen atoms in total. The molecular formula is C27H27ClF3N3O3. The molecule has 1 heterocycles. The number of hydrogen-bond acceptors (Lipinski definition) is 5. The van der Waals surface area contributed by atoms with E-state index in [1.807, 2.05) is 6.92 Å². The average molecular weight is 534 g/mol. The maximum absolute atomic E-state index is 13.2. The lowest BCUT2D eigenvalue weighted by Crippen LogP contribution is -2.39. The molecule has 1 atom stereocenters. The van der Waals surface area contributed by atoms with Crippen molar-refractivity contribution >= 4 is 17.4 Å². The first-order valence-corrected chi connectivity index (χ1v) is 12.4. The van der Waals surface area contributed by atoms with Crippen LogP contribution in [0.3, 0.4) is 0 Å². The summed E-state index contributed by atoms with van der Waals surface area (Å²) in [6.07, 6.45) is -2.37. The number of carbonyl (C=O) groups excluding carboxylic acids is 1. The molecule has 0 unspecified atom stereocenters. The summed E-state index contributed by atoms with van der Waals surface area (Å²) in [5, 5.41) is 0.281. The number of carbonyl (C=O) groups is 1. The second-order valence-corrected chi connectivity index (χ2v) is 10.3. The zero-order valence-electron chi connectivity index (χ0n) is 20.7. The Morgan fingerprint density at radius 3 is 2.43 bits per heavy atom. The monoisotopic (exact) mass is 533 g/mol. The van der Waals surface area contributed by atoms with E-state index in [9.17, 15) is 22.8 Å². The fraction of sp³-hybridized carbons (Fsp3) is 0.407. The van der Waals surface area contributed by atoms with E-state index in [2.05, 4.69) is 15.0 Å². The lowest BCUT2D eigenvalue weighted by atomic mass is 9.84. The van der Waals surface area contributed by atoms with Crippen LogP contribution in [0, 0.1) is 11.3 Å². The van der Waals surface area contributed by atoms with Crippen LogP contribution in [0.4, 0.5) is 13.2 Å². The second kappa shape index (κ2) is 10.3. The first kappa shape index (κ1) is 26.9. The normalized spacial score (nSPS) is 14.9. The molecule has 196 valence electrons. The molecule has 1 aromatic heterocycles. The van der Waals surface area contributed by atoms with Crippen molar-refractivity contribution in [2.45, 2.75) is 58.7 Å². The molecule has 0 bridgehead atoms. The molecule has 3 aromatic rings. The summed E-state index contributed by atoms with van der Waals surface area (Å²) in [4.78, 5) is 35.6. The summed E-state index contributed by atoms with van der Waals surface area (Å²) >= 11 is 6.36. The third-order valence-corrected chi connectivity index (χ3v) is 7.03. The maximum Gasteiger partial charge on any atom is 0.400 e. The number of alkyl halides is 3. The van der Waals surface area contributed by atoms with Crippen molar-refractivity contribution in [2.24, 2.45) is 11.3 Å². The van der Waals surface area contributed by atoms with Crippen LogP contribution >= 0.6 is 11.6 Å². The lowest BCUT2D eigenvalue weighted by Gasteiger charge is -2.26. The molecule has 4 rings (SSSR count). The molecule has 0 saturated heterocycles. The molecule has 0 aliphatic heterocycles. The Hall–Kier alpha value is -3.20. The predicted octanol–water partition coefficient (Wildman–Crippen LogP) is 6.42. The van der Waals surface area contributed by atoms with Gasteiger partial charge in [-0.15, -0.1) is 0 Å². The Morgan fingerprint density at radius 1 is 1.14 bits per heavy atom. The molecule has 37 heavy (non-hydrogen) atoms. The number of hydrogen-bond donors (Lipinski definition) is 1.